The molecule has 1 amide bonds. The van der Waals surface area contributed by atoms with Gasteiger partial charge in [0.2, 0.25) is 5.91 Å². The van der Waals surface area contributed by atoms with Gasteiger partial charge >= 0.3 is 0 Å². The molecule has 1 aromatic heterocycles. The third-order valence-corrected chi connectivity index (χ3v) is 5.20. The maximum Gasteiger partial charge on any atom is 0.242 e. The molecule has 1 aromatic rings. The molecular formula is C13H19BrN2OS. The first-order valence-electron chi connectivity index (χ1n) is 6.31. The van der Waals surface area contributed by atoms with Crippen LogP contribution >= 0.6 is 27.3 Å². The molecule has 0 aromatic carbocycles. The molecular weight excluding hydrogens is 312 g/mol. The van der Waals surface area contributed by atoms with Crippen LogP contribution in [0.5, 0.6) is 0 Å². The zero-order valence-corrected chi connectivity index (χ0v) is 13.2. The highest BCUT2D eigenvalue weighted by Crippen LogP contribution is 2.27. The quantitative estimate of drug-likeness (QED) is 0.920. The smallest absolute Gasteiger partial charge is 0.242 e. The van der Waals surface area contributed by atoms with Crippen LogP contribution in [0.1, 0.15) is 31.7 Å². The van der Waals surface area contributed by atoms with Gasteiger partial charge in [0.05, 0.1) is 9.33 Å². The third kappa shape index (κ3) is 2.78. The van der Waals surface area contributed by atoms with Crippen LogP contribution in [-0.4, -0.2) is 29.9 Å². The van der Waals surface area contributed by atoms with E-state index in [0.717, 1.165) is 29.6 Å². The van der Waals surface area contributed by atoms with E-state index in [0.29, 0.717) is 6.54 Å². The number of nitrogens with one attached hydrogen (secondary N) is 1. The Labute approximate surface area is 121 Å². The topological polar surface area (TPSA) is 32.3 Å². The minimum atomic E-state index is -0.317. The molecule has 1 fully saturated rings. The summed E-state index contributed by atoms with van der Waals surface area (Å²) in [5.41, 5.74) is 0.870. The Morgan fingerprint density at radius 1 is 1.67 bits per heavy atom. The highest BCUT2D eigenvalue weighted by molar-refractivity contribution is 9.11. The minimum Gasteiger partial charge on any atom is -0.340 e. The zero-order chi connectivity index (χ0) is 13.2. The molecule has 2 rings (SSSR count). The number of likely N-dealkylation sites (N-methyl/N-ethyl adjacent to an activating group) is 1. The lowest BCUT2D eigenvalue weighted by molar-refractivity contribution is -0.137. The Morgan fingerprint density at radius 2 is 2.44 bits per heavy atom. The van der Waals surface area contributed by atoms with E-state index >= 15 is 0 Å². The van der Waals surface area contributed by atoms with Crippen LogP contribution in [-0.2, 0) is 11.3 Å². The van der Waals surface area contributed by atoms with Crippen molar-refractivity contribution in [1.82, 2.24) is 10.2 Å². The molecule has 0 saturated carbocycles. The van der Waals surface area contributed by atoms with Gasteiger partial charge in [-0.1, -0.05) is 6.92 Å². The van der Waals surface area contributed by atoms with E-state index in [2.05, 4.69) is 39.6 Å². The average molecular weight is 331 g/mol. The van der Waals surface area contributed by atoms with Crippen LogP contribution < -0.4 is 5.32 Å². The Balaban J connectivity index is 2.04. The lowest BCUT2D eigenvalue weighted by Gasteiger charge is -2.31. The van der Waals surface area contributed by atoms with E-state index < -0.39 is 0 Å². The standard InChI is InChI=1S/C13H19BrN2OS/c1-3-13(5-4-6-15-13)12(17)16(2)8-10-7-11(14)18-9-10/h7,9,15H,3-6,8H2,1-2H3. The van der Waals surface area contributed by atoms with Crippen molar-refractivity contribution in [3.8, 4) is 0 Å². The Hall–Kier alpha value is -0.390. The summed E-state index contributed by atoms with van der Waals surface area (Å²) >= 11 is 5.11. The van der Waals surface area contributed by atoms with Crippen molar-refractivity contribution in [1.29, 1.82) is 0 Å². The lowest BCUT2D eigenvalue weighted by Crippen LogP contribution is -2.53. The fourth-order valence-corrected chi connectivity index (χ4v) is 3.78. The van der Waals surface area contributed by atoms with Gasteiger partial charge < -0.3 is 10.2 Å². The molecule has 2 heterocycles. The van der Waals surface area contributed by atoms with Gasteiger partial charge in [0.1, 0.15) is 0 Å². The predicted octanol–water partition coefficient (Wildman–Crippen LogP) is 3.00. The zero-order valence-electron chi connectivity index (χ0n) is 10.8. The number of amides is 1. The van der Waals surface area contributed by atoms with Crippen molar-refractivity contribution in [3.63, 3.8) is 0 Å². The summed E-state index contributed by atoms with van der Waals surface area (Å²) in [4.78, 5) is 14.4. The second kappa shape index (κ2) is 5.72. The first-order valence-corrected chi connectivity index (χ1v) is 7.98. The van der Waals surface area contributed by atoms with Crippen LogP contribution in [0.4, 0.5) is 0 Å². The Kier molecular flexibility index (Phi) is 4.45. The molecule has 1 aliphatic heterocycles. The number of nitrogens with zero attached hydrogens (tertiary/aromatic N) is 1. The molecule has 1 aliphatic rings. The lowest BCUT2D eigenvalue weighted by atomic mass is 9.92. The molecule has 5 heteroatoms. The molecule has 1 N–H and O–H groups in total. The molecule has 18 heavy (non-hydrogen) atoms. The third-order valence-electron chi connectivity index (χ3n) is 3.64. The van der Waals surface area contributed by atoms with Crippen LogP contribution in [0.2, 0.25) is 0 Å². The summed E-state index contributed by atoms with van der Waals surface area (Å²) in [6.07, 6.45) is 2.92. The van der Waals surface area contributed by atoms with Crippen molar-refractivity contribution in [2.24, 2.45) is 0 Å². The van der Waals surface area contributed by atoms with Gasteiger partial charge in [-0.15, -0.1) is 11.3 Å². The molecule has 3 nitrogen and oxygen atoms in total. The highest BCUT2D eigenvalue weighted by atomic mass is 79.9. The van der Waals surface area contributed by atoms with Crippen molar-refractivity contribution in [3.05, 3.63) is 20.8 Å². The number of halogens is 1. The van der Waals surface area contributed by atoms with Crippen molar-refractivity contribution in [2.75, 3.05) is 13.6 Å². The monoisotopic (exact) mass is 330 g/mol. The van der Waals surface area contributed by atoms with Gasteiger partial charge in [0.15, 0.2) is 0 Å². The van der Waals surface area contributed by atoms with Crippen LogP contribution in [0.3, 0.4) is 0 Å². The van der Waals surface area contributed by atoms with E-state index in [1.54, 1.807) is 11.3 Å². The summed E-state index contributed by atoms with van der Waals surface area (Å²) in [7, 11) is 1.89. The maximum atomic E-state index is 12.6. The summed E-state index contributed by atoms with van der Waals surface area (Å²) < 4.78 is 1.11. The molecule has 1 unspecified atom stereocenters. The molecule has 1 atom stereocenters. The molecule has 0 aliphatic carbocycles. The SMILES string of the molecule is CCC1(C(=O)N(C)Cc2csc(Br)c2)CCCN1. The van der Waals surface area contributed by atoms with Gasteiger partial charge in [0, 0.05) is 13.6 Å². The fraction of sp³-hybridized carbons (Fsp3) is 0.615. The largest absolute Gasteiger partial charge is 0.340 e. The second-order valence-corrected chi connectivity index (χ2v) is 7.18. The van der Waals surface area contributed by atoms with Gasteiger partial charge in [-0.05, 0) is 58.7 Å². The normalized spacial score (nSPS) is 23.3. The number of rotatable bonds is 4. The van der Waals surface area contributed by atoms with E-state index in [1.807, 2.05) is 11.9 Å². The molecule has 100 valence electrons. The van der Waals surface area contributed by atoms with Crippen molar-refractivity contribution >= 4 is 33.2 Å². The van der Waals surface area contributed by atoms with Gasteiger partial charge in [-0.2, -0.15) is 0 Å². The molecule has 0 bridgehead atoms. The first-order chi connectivity index (χ1) is 8.57. The van der Waals surface area contributed by atoms with Crippen LogP contribution in [0.15, 0.2) is 15.2 Å². The maximum absolute atomic E-state index is 12.6. The number of hydrogen-bond acceptors (Lipinski definition) is 3. The number of thiophene rings is 1. The minimum absolute atomic E-state index is 0.227. The summed E-state index contributed by atoms with van der Waals surface area (Å²) in [6.45, 7) is 3.73. The summed E-state index contributed by atoms with van der Waals surface area (Å²) in [6, 6.07) is 2.08. The van der Waals surface area contributed by atoms with E-state index in [4.69, 9.17) is 0 Å². The highest BCUT2D eigenvalue weighted by Gasteiger charge is 2.40. The Morgan fingerprint density at radius 3 is 2.94 bits per heavy atom. The molecule has 0 spiro atoms. The van der Waals surface area contributed by atoms with Crippen LogP contribution in [0.25, 0.3) is 0 Å². The second-order valence-electron chi connectivity index (χ2n) is 4.89. The average Bonchev–Trinajstić information content (AvgIpc) is 2.98. The van der Waals surface area contributed by atoms with E-state index in [-0.39, 0.29) is 11.4 Å². The number of hydrogen-bond donors (Lipinski definition) is 1. The van der Waals surface area contributed by atoms with Crippen molar-refractivity contribution in [2.45, 2.75) is 38.3 Å². The first kappa shape index (κ1) is 14.0. The molecule has 0 radical (unpaired) electrons. The van der Waals surface area contributed by atoms with Gasteiger partial charge in [-0.25, -0.2) is 0 Å². The van der Waals surface area contributed by atoms with Gasteiger partial charge in [-0.3, -0.25) is 4.79 Å². The predicted molar refractivity (Wildman–Crippen MR) is 78.8 cm³/mol. The van der Waals surface area contributed by atoms with Crippen molar-refractivity contribution < 1.29 is 4.79 Å². The fourth-order valence-electron chi connectivity index (χ4n) is 2.58. The number of carbonyl (C=O) groups is 1. The summed E-state index contributed by atoms with van der Waals surface area (Å²) in [5.74, 6) is 0.227. The Bertz CT molecular complexity index is 426. The molecule has 1 saturated heterocycles. The van der Waals surface area contributed by atoms with E-state index in [1.165, 1.54) is 5.56 Å². The number of carbonyl (C=O) groups excluding carboxylic acids is 1. The van der Waals surface area contributed by atoms with E-state index in [9.17, 15) is 4.79 Å². The summed E-state index contributed by atoms with van der Waals surface area (Å²) in [5, 5.41) is 5.49. The van der Waals surface area contributed by atoms with Crippen LogP contribution in [0, 0.1) is 0 Å². The van der Waals surface area contributed by atoms with Gasteiger partial charge in [0.25, 0.3) is 0 Å².